The van der Waals surface area contributed by atoms with E-state index in [1.54, 1.807) is 6.33 Å². The Morgan fingerprint density at radius 3 is 2.65 bits per heavy atom. The standard InChI is InChI=1S/C19H30N6O/c1-4-10-20-19(21-11-13-25-15-23-24-18(25)5-2)22-12-14-26-17-8-6-16(3)7-9-17/h6-9,15H,4-5,10-14H2,1-3H3,(H2,20,21,22). The van der Waals surface area contributed by atoms with Crippen molar-refractivity contribution in [3.8, 4) is 5.75 Å². The molecule has 2 rings (SSSR count). The van der Waals surface area contributed by atoms with Crippen LogP contribution >= 0.6 is 0 Å². The van der Waals surface area contributed by atoms with Gasteiger partial charge in [0.15, 0.2) is 5.96 Å². The molecule has 0 radical (unpaired) electrons. The van der Waals surface area contributed by atoms with E-state index in [-0.39, 0.29) is 0 Å². The lowest BCUT2D eigenvalue weighted by Gasteiger charge is -2.14. The predicted molar refractivity (Wildman–Crippen MR) is 105 cm³/mol. The van der Waals surface area contributed by atoms with Crippen molar-refractivity contribution < 1.29 is 4.74 Å². The number of benzene rings is 1. The first-order valence-electron chi connectivity index (χ1n) is 9.31. The Hall–Kier alpha value is -2.57. The molecule has 2 N–H and O–H groups in total. The zero-order chi connectivity index (χ0) is 18.6. The van der Waals surface area contributed by atoms with E-state index in [9.17, 15) is 0 Å². The van der Waals surface area contributed by atoms with Crippen LogP contribution in [0.25, 0.3) is 0 Å². The lowest BCUT2D eigenvalue weighted by molar-refractivity contribution is 0.322. The highest BCUT2D eigenvalue weighted by molar-refractivity contribution is 5.79. The van der Waals surface area contributed by atoms with Gasteiger partial charge >= 0.3 is 0 Å². The number of aryl methyl sites for hydroxylation is 2. The molecule has 1 aromatic carbocycles. The van der Waals surface area contributed by atoms with Crippen LogP contribution in [0, 0.1) is 6.92 Å². The molecule has 2 aromatic rings. The Balaban J connectivity index is 1.73. The summed E-state index contributed by atoms with van der Waals surface area (Å²) in [6, 6.07) is 8.08. The van der Waals surface area contributed by atoms with Crippen molar-refractivity contribution in [1.29, 1.82) is 0 Å². The maximum absolute atomic E-state index is 5.74. The van der Waals surface area contributed by atoms with E-state index in [2.05, 4.69) is 51.2 Å². The second-order valence-corrected chi connectivity index (χ2v) is 6.04. The van der Waals surface area contributed by atoms with Gasteiger partial charge in [-0.05, 0) is 25.5 Å². The summed E-state index contributed by atoms with van der Waals surface area (Å²) in [4.78, 5) is 4.56. The zero-order valence-electron chi connectivity index (χ0n) is 16.0. The summed E-state index contributed by atoms with van der Waals surface area (Å²) in [5.74, 6) is 2.70. The number of nitrogens with one attached hydrogen (secondary N) is 2. The van der Waals surface area contributed by atoms with Crippen molar-refractivity contribution in [1.82, 2.24) is 25.4 Å². The van der Waals surface area contributed by atoms with E-state index < -0.39 is 0 Å². The van der Waals surface area contributed by atoms with Gasteiger partial charge in [-0.1, -0.05) is 31.5 Å². The van der Waals surface area contributed by atoms with Crippen molar-refractivity contribution in [3.05, 3.63) is 42.0 Å². The summed E-state index contributed by atoms with van der Waals surface area (Å²) in [5, 5.41) is 14.7. The molecule has 0 unspecified atom stereocenters. The fourth-order valence-electron chi connectivity index (χ4n) is 2.40. The number of hydrogen-bond acceptors (Lipinski definition) is 4. The minimum absolute atomic E-state index is 0.585. The molecule has 0 saturated heterocycles. The predicted octanol–water partition coefficient (Wildman–Crippen LogP) is 2.17. The number of hydrogen-bond donors (Lipinski definition) is 2. The van der Waals surface area contributed by atoms with Crippen LogP contribution in [0.1, 0.15) is 31.7 Å². The number of aliphatic imine (C=N–C) groups is 1. The fraction of sp³-hybridized carbons (Fsp3) is 0.526. The van der Waals surface area contributed by atoms with Crippen LogP contribution in [0.2, 0.25) is 0 Å². The average Bonchev–Trinajstić information content (AvgIpc) is 3.11. The maximum Gasteiger partial charge on any atom is 0.191 e. The van der Waals surface area contributed by atoms with Crippen LogP contribution in [-0.2, 0) is 13.0 Å². The van der Waals surface area contributed by atoms with Crippen LogP contribution in [0.3, 0.4) is 0 Å². The number of ether oxygens (including phenoxy) is 1. The molecular formula is C19H30N6O. The van der Waals surface area contributed by atoms with Gasteiger partial charge in [-0.3, -0.25) is 4.99 Å². The van der Waals surface area contributed by atoms with Crippen molar-refractivity contribution in [2.24, 2.45) is 4.99 Å². The van der Waals surface area contributed by atoms with Crippen LogP contribution < -0.4 is 15.4 Å². The van der Waals surface area contributed by atoms with Gasteiger partial charge in [-0.25, -0.2) is 0 Å². The highest BCUT2D eigenvalue weighted by atomic mass is 16.5. The maximum atomic E-state index is 5.74. The molecule has 0 fully saturated rings. The van der Waals surface area contributed by atoms with Crippen LogP contribution in [-0.4, -0.2) is 47.0 Å². The molecule has 0 bridgehead atoms. The van der Waals surface area contributed by atoms with Gasteiger partial charge in [-0.2, -0.15) is 0 Å². The van der Waals surface area contributed by atoms with Crippen LogP contribution in [0.5, 0.6) is 5.75 Å². The molecule has 0 saturated carbocycles. The summed E-state index contributed by atoms with van der Waals surface area (Å²) < 4.78 is 7.80. The molecule has 142 valence electrons. The van der Waals surface area contributed by atoms with E-state index in [0.717, 1.165) is 50.0 Å². The van der Waals surface area contributed by atoms with Gasteiger partial charge < -0.3 is 19.9 Å². The topological polar surface area (TPSA) is 76.4 Å². The van der Waals surface area contributed by atoms with Crippen molar-refractivity contribution >= 4 is 5.96 Å². The van der Waals surface area contributed by atoms with Gasteiger partial charge in [0, 0.05) is 26.1 Å². The molecule has 0 aliphatic carbocycles. The minimum atomic E-state index is 0.585. The van der Waals surface area contributed by atoms with Gasteiger partial charge in [-0.15, -0.1) is 10.2 Å². The molecule has 1 heterocycles. The Morgan fingerprint density at radius 2 is 1.92 bits per heavy atom. The molecule has 0 atom stereocenters. The summed E-state index contributed by atoms with van der Waals surface area (Å²) in [5.41, 5.74) is 1.23. The number of nitrogens with zero attached hydrogens (tertiary/aromatic N) is 4. The first kappa shape index (κ1) is 19.8. The smallest absolute Gasteiger partial charge is 0.191 e. The normalized spacial score (nSPS) is 11.4. The fourth-order valence-corrected chi connectivity index (χ4v) is 2.40. The first-order valence-corrected chi connectivity index (χ1v) is 9.31. The van der Waals surface area contributed by atoms with Gasteiger partial charge in [0.05, 0.1) is 6.54 Å². The summed E-state index contributed by atoms with van der Waals surface area (Å²) >= 11 is 0. The Bertz CT molecular complexity index is 665. The van der Waals surface area contributed by atoms with E-state index in [0.29, 0.717) is 13.2 Å². The van der Waals surface area contributed by atoms with Crippen molar-refractivity contribution in [2.45, 2.75) is 40.2 Å². The zero-order valence-corrected chi connectivity index (χ0v) is 16.0. The third kappa shape index (κ3) is 6.74. The molecule has 1 aromatic heterocycles. The molecule has 7 heteroatoms. The summed E-state index contributed by atoms with van der Waals surface area (Å²) in [6.07, 6.45) is 3.66. The Morgan fingerprint density at radius 1 is 1.15 bits per heavy atom. The molecule has 0 aliphatic rings. The van der Waals surface area contributed by atoms with Crippen LogP contribution in [0.15, 0.2) is 35.6 Å². The first-order chi connectivity index (χ1) is 12.7. The minimum Gasteiger partial charge on any atom is -0.492 e. The number of aromatic nitrogens is 3. The van der Waals surface area contributed by atoms with Gasteiger partial charge in [0.2, 0.25) is 0 Å². The van der Waals surface area contributed by atoms with E-state index in [1.807, 2.05) is 24.3 Å². The second-order valence-electron chi connectivity index (χ2n) is 6.04. The third-order valence-electron chi connectivity index (χ3n) is 3.83. The van der Waals surface area contributed by atoms with Crippen LogP contribution in [0.4, 0.5) is 0 Å². The largest absolute Gasteiger partial charge is 0.492 e. The Labute approximate surface area is 155 Å². The monoisotopic (exact) mass is 358 g/mol. The van der Waals surface area contributed by atoms with E-state index in [4.69, 9.17) is 4.74 Å². The molecule has 0 aliphatic heterocycles. The molecular weight excluding hydrogens is 328 g/mol. The molecule has 0 amide bonds. The van der Waals surface area contributed by atoms with E-state index in [1.165, 1.54) is 5.56 Å². The second kappa shape index (κ2) is 11.1. The molecule has 7 nitrogen and oxygen atoms in total. The third-order valence-corrected chi connectivity index (χ3v) is 3.83. The van der Waals surface area contributed by atoms with Crippen molar-refractivity contribution in [3.63, 3.8) is 0 Å². The number of rotatable bonds is 10. The van der Waals surface area contributed by atoms with Crippen molar-refractivity contribution in [2.75, 3.05) is 26.2 Å². The molecule has 0 spiro atoms. The van der Waals surface area contributed by atoms with Gasteiger partial charge in [0.1, 0.15) is 24.5 Å². The molecule has 26 heavy (non-hydrogen) atoms. The quantitative estimate of drug-likeness (QED) is 0.387. The highest BCUT2D eigenvalue weighted by Gasteiger charge is 2.03. The number of guanidine groups is 1. The highest BCUT2D eigenvalue weighted by Crippen LogP contribution is 2.10. The lowest BCUT2D eigenvalue weighted by Crippen LogP contribution is -2.41. The van der Waals surface area contributed by atoms with E-state index >= 15 is 0 Å². The summed E-state index contributed by atoms with van der Waals surface area (Å²) in [7, 11) is 0. The Kier molecular flexibility index (Phi) is 8.45. The SMILES string of the molecule is CCCN=C(NCCOc1ccc(C)cc1)NCCn1cnnc1CC. The summed E-state index contributed by atoms with van der Waals surface area (Å²) in [6.45, 7) is 9.90. The average molecular weight is 358 g/mol. The van der Waals surface area contributed by atoms with Gasteiger partial charge in [0.25, 0.3) is 0 Å². The lowest BCUT2D eigenvalue weighted by atomic mass is 10.2.